The van der Waals surface area contributed by atoms with Gasteiger partial charge >= 0.3 is 5.63 Å². The van der Waals surface area contributed by atoms with Gasteiger partial charge in [-0.15, -0.1) is 0 Å². The molecule has 1 aromatic heterocycles. The summed E-state index contributed by atoms with van der Waals surface area (Å²) in [7, 11) is 0. The Labute approximate surface area is 179 Å². The van der Waals surface area contributed by atoms with Gasteiger partial charge in [0.25, 0.3) is 0 Å². The highest BCUT2D eigenvalue weighted by molar-refractivity contribution is 6.31. The number of piperidine rings is 1. The number of fused-ring (bicyclic) bond motifs is 2. The fraction of sp³-hybridized carbons (Fsp3) is 0.348. The van der Waals surface area contributed by atoms with Gasteiger partial charge in [-0.25, -0.2) is 4.79 Å². The van der Waals surface area contributed by atoms with Crippen LogP contribution in [0.3, 0.4) is 0 Å². The predicted molar refractivity (Wildman–Crippen MR) is 116 cm³/mol. The molecule has 3 aromatic rings. The zero-order chi connectivity index (χ0) is 20.7. The molecule has 0 aliphatic carbocycles. The molecule has 0 amide bonds. The van der Waals surface area contributed by atoms with E-state index in [1.54, 1.807) is 12.1 Å². The number of anilines is 1. The van der Waals surface area contributed by atoms with E-state index in [1.807, 2.05) is 12.1 Å². The zero-order valence-corrected chi connectivity index (χ0v) is 17.4. The lowest BCUT2D eigenvalue weighted by Crippen LogP contribution is -2.45. The Kier molecular flexibility index (Phi) is 5.05. The van der Waals surface area contributed by atoms with E-state index >= 15 is 0 Å². The molecule has 6 nitrogen and oxygen atoms in total. The standard InChI is InChI=1S/C23H23ClN2O4/c1-14(15-5-7-20-21(10-15)29-13-28-20)26-9-3-2-4-22(26)25-18-12-23(27)30-19-8-6-16(24)11-17(18)19/h5-8,10-12,14,22,25H,2-4,9,13H2,1H3. The lowest BCUT2D eigenvalue weighted by molar-refractivity contribution is 0.119. The van der Waals surface area contributed by atoms with Crippen LogP contribution in [0.25, 0.3) is 11.0 Å². The Morgan fingerprint density at radius 1 is 1.10 bits per heavy atom. The second kappa shape index (κ2) is 7.85. The molecule has 2 unspecified atom stereocenters. The molecule has 2 atom stereocenters. The molecule has 0 spiro atoms. The smallest absolute Gasteiger partial charge is 0.338 e. The highest BCUT2D eigenvalue weighted by Gasteiger charge is 2.29. The molecule has 1 saturated heterocycles. The normalized spacial score (nSPS) is 19.7. The van der Waals surface area contributed by atoms with Gasteiger partial charge in [-0.05, 0) is 62.1 Å². The maximum Gasteiger partial charge on any atom is 0.338 e. The second-order valence-corrected chi connectivity index (χ2v) is 8.24. The van der Waals surface area contributed by atoms with E-state index in [4.69, 9.17) is 25.5 Å². The molecule has 1 N–H and O–H groups in total. The van der Waals surface area contributed by atoms with E-state index < -0.39 is 0 Å². The number of ether oxygens (including phenoxy) is 2. The maximum absolute atomic E-state index is 12.1. The van der Waals surface area contributed by atoms with Crippen LogP contribution in [0.1, 0.15) is 37.8 Å². The van der Waals surface area contributed by atoms with Crippen molar-refractivity contribution in [3.05, 3.63) is 63.5 Å². The van der Waals surface area contributed by atoms with Crippen molar-refractivity contribution < 1.29 is 13.9 Å². The Bertz CT molecular complexity index is 1150. The molecule has 2 aliphatic rings. The topological polar surface area (TPSA) is 63.9 Å². The molecule has 1 fully saturated rings. The number of nitrogens with zero attached hydrogens (tertiary/aromatic N) is 1. The fourth-order valence-electron chi connectivity index (χ4n) is 4.37. The van der Waals surface area contributed by atoms with Crippen molar-refractivity contribution >= 4 is 28.3 Å². The van der Waals surface area contributed by atoms with Gasteiger partial charge < -0.3 is 19.2 Å². The number of benzene rings is 2. The minimum atomic E-state index is -0.376. The summed E-state index contributed by atoms with van der Waals surface area (Å²) in [6, 6.07) is 13.1. The summed E-state index contributed by atoms with van der Waals surface area (Å²) in [5.41, 5.74) is 2.08. The molecule has 2 aliphatic heterocycles. The molecule has 0 bridgehead atoms. The van der Waals surface area contributed by atoms with Gasteiger partial charge in [0.2, 0.25) is 6.79 Å². The van der Waals surface area contributed by atoms with Crippen LogP contribution in [0.4, 0.5) is 5.69 Å². The van der Waals surface area contributed by atoms with Crippen molar-refractivity contribution in [3.8, 4) is 11.5 Å². The van der Waals surface area contributed by atoms with Gasteiger partial charge in [-0.3, -0.25) is 4.90 Å². The van der Waals surface area contributed by atoms with Gasteiger partial charge in [0.1, 0.15) is 5.58 Å². The van der Waals surface area contributed by atoms with Crippen LogP contribution in [0.15, 0.2) is 51.7 Å². The first-order valence-electron chi connectivity index (χ1n) is 10.2. The van der Waals surface area contributed by atoms with Gasteiger partial charge in [0.05, 0.1) is 11.9 Å². The van der Waals surface area contributed by atoms with Crippen molar-refractivity contribution in [3.63, 3.8) is 0 Å². The van der Waals surface area contributed by atoms with Crippen LogP contribution in [-0.2, 0) is 0 Å². The van der Waals surface area contributed by atoms with Crippen LogP contribution in [-0.4, -0.2) is 24.4 Å². The molecule has 2 aromatic carbocycles. The second-order valence-electron chi connectivity index (χ2n) is 7.80. The average Bonchev–Trinajstić information content (AvgIpc) is 3.22. The molecule has 5 rings (SSSR count). The number of hydrogen-bond acceptors (Lipinski definition) is 6. The first-order chi connectivity index (χ1) is 14.6. The van der Waals surface area contributed by atoms with E-state index in [0.29, 0.717) is 10.6 Å². The fourth-order valence-corrected chi connectivity index (χ4v) is 4.54. The molecule has 3 heterocycles. The Hall–Kier alpha value is -2.70. The molecule has 7 heteroatoms. The van der Waals surface area contributed by atoms with Crippen molar-refractivity contribution in [2.24, 2.45) is 0 Å². The number of hydrogen-bond donors (Lipinski definition) is 1. The summed E-state index contributed by atoms with van der Waals surface area (Å²) in [4.78, 5) is 14.5. The number of rotatable bonds is 4. The third-order valence-electron chi connectivity index (χ3n) is 5.95. The minimum absolute atomic E-state index is 0.0863. The molecule has 156 valence electrons. The Morgan fingerprint density at radius 2 is 1.97 bits per heavy atom. The lowest BCUT2D eigenvalue weighted by atomic mass is 10.00. The molecular formula is C23H23ClN2O4. The van der Waals surface area contributed by atoms with E-state index in [9.17, 15) is 4.79 Å². The van der Waals surface area contributed by atoms with E-state index in [1.165, 1.54) is 11.6 Å². The predicted octanol–water partition coefficient (Wildman–Crippen LogP) is 5.16. The Morgan fingerprint density at radius 3 is 2.87 bits per heavy atom. The van der Waals surface area contributed by atoms with Crippen LogP contribution in [0.2, 0.25) is 5.02 Å². The van der Waals surface area contributed by atoms with Crippen LogP contribution in [0.5, 0.6) is 11.5 Å². The summed E-state index contributed by atoms with van der Waals surface area (Å²) in [5, 5.41) is 5.01. The summed E-state index contributed by atoms with van der Waals surface area (Å²) in [6.07, 6.45) is 3.33. The summed E-state index contributed by atoms with van der Waals surface area (Å²) in [6.45, 7) is 3.44. The monoisotopic (exact) mass is 426 g/mol. The first-order valence-corrected chi connectivity index (χ1v) is 10.6. The largest absolute Gasteiger partial charge is 0.454 e. The highest BCUT2D eigenvalue weighted by Crippen LogP contribution is 2.37. The third-order valence-corrected chi connectivity index (χ3v) is 6.18. The maximum atomic E-state index is 12.1. The minimum Gasteiger partial charge on any atom is -0.454 e. The third kappa shape index (κ3) is 3.61. The number of halogens is 1. The van der Waals surface area contributed by atoms with Gasteiger partial charge in [0.15, 0.2) is 11.5 Å². The van der Waals surface area contributed by atoms with Gasteiger partial charge in [0, 0.05) is 29.1 Å². The van der Waals surface area contributed by atoms with E-state index in [-0.39, 0.29) is 24.6 Å². The van der Waals surface area contributed by atoms with Crippen LogP contribution < -0.4 is 20.4 Å². The van der Waals surface area contributed by atoms with Crippen molar-refractivity contribution in [1.82, 2.24) is 4.90 Å². The SMILES string of the molecule is CC(c1ccc2c(c1)OCO2)N1CCCCC1Nc1cc(=O)oc2ccc(Cl)cc12. The van der Waals surface area contributed by atoms with Crippen molar-refractivity contribution in [2.75, 3.05) is 18.7 Å². The van der Waals surface area contributed by atoms with E-state index in [2.05, 4.69) is 29.3 Å². The van der Waals surface area contributed by atoms with Crippen molar-refractivity contribution in [1.29, 1.82) is 0 Å². The van der Waals surface area contributed by atoms with Gasteiger partial charge in [-0.1, -0.05) is 17.7 Å². The van der Waals surface area contributed by atoms with E-state index in [0.717, 1.165) is 48.4 Å². The van der Waals surface area contributed by atoms with Gasteiger partial charge in [-0.2, -0.15) is 0 Å². The van der Waals surface area contributed by atoms with Crippen molar-refractivity contribution in [2.45, 2.75) is 38.4 Å². The summed E-state index contributed by atoms with van der Waals surface area (Å²) >= 11 is 6.20. The summed E-state index contributed by atoms with van der Waals surface area (Å²) < 4.78 is 16.3. The summed E-state index contributed by atoms with van der Waals surface area (Å²) in [5.74, 6) is 1.58. The molecular weight excluding hydrogens is 404 g/mol. The number of nitrogens with one attached hydrogen (secondary N) is 1. The quantitative estimate of drug-likeness (QED) is 0.581. The lowest BCUT2D eigenvalue weighted by Gasteiger charge is -2.41. The highest BCUT2D eigenvalue weighted by atomic mass is 35.5. The first kappa shape index (κ1) is 19.3. The average molecular weight is 427 g/mol. The molecule has 0 radical (unpaired) electrons. The molecule has 0 saturated carbocycles. The Balaban J connectivity index is 1.45. The van der Waals surface area contributed by atoms with Crippen LogP contribution in [0, 0.1) is 0 Å². The van der Waals surface area contributed by atoms with Crippen LogP contribution >= 0.6 is 11.6 Å². The molecule has 30 heavy (non-hydrogen) atoms. The number of likely N-dealkylation sites (tertiary alicyclic amines) is 1. The zero-order valence-electron chi connectivity index (χ0n) is 16.7.